The highest BCUT2D eigenvalue weighted by Gasteiger charge is 2.41. The van der Waals surface area contributed by atoms with Crippen molar-refractivity contribution in [3.05, 3.63) is 141 Å². The Kier molecular flexibility index (Phi) is 11.0. The van der Waals surface area contributed by atoms with E-state index in [4.69, 9.17) is 0 Å². The van der Waals surface area contributed by atoms with Gasteiger partial charge in [-0.1, -0.05) is 91.8 Å². The number of benzene rings is 2. The minimum atomic E-state index is -0.325. The van der Waals surface area contributed by atoms with Gasteiger partial charge in [0.05, 0.1) is 11.4 Å². The zero-order valence-corrected chi connectivity index (χ0v) is 36.7. The Balaban J connectivity index is 1.56. The molecule has 0 aliphatic rings. The molecule has 0 aliphatic heterocycles. The first-order valence-corrected chi connectivity index (χ1v) is 20.5. The third kappa shape index (κ3) is 6.81. The maximum atomic E-state index is 2.55. The monoisotopic (exact) mass is 735 g/mol. The van der Waals surface area contributed by atoms with E-state index < -0.39 is 0 Å². The topological polar surface area (TPSA) is 17.6 Å². The molecule has 2 aromatic carbocycles. The smallest absolute Gasteiger partial charge is 0.229 e. The van der Waals surface area contributed by atoms with Crippen LogP contribution < -0.4 is 9.13 Å². The lowest BCUT2D eigenvalue weighted by Gasteiger charge is -2.25. The quantitative estimate of drug-likeness (QED) is 0.125. The van der Waals surface area contributed by atoms with Crippen LogP contribution in [0, 0.1) is 27.7 Å². The van der Waals surface area contributed by atoms with Crippen LogP contribution in [0.4, 0.5) is 0 Å². The van der Waals surface area contributed by atoms with E-state index in [0.29, 0.717) is 23.7 Å². The Hall–Kier alpha value is -4.70. The average Bonchev–Trinajstić information content (AvgIpc) is 3.58. The van der Waals surface area contributed by atoms with Crippen molar-refractivity contribution in [1.82, 2.24) is 9.13 Å². The van der Waals surface area contributed by atoms with Gasteiger partial charge in [0.25, 0.3) is 0 Å². The number of hydrogen-bond acceptors (Lipinski definition) is 0. The van der Waals surface area contributed by atoms with Crippen LogP contribution in [-0.2, 0) is 19.5 Å². The number of para-hydroxylation sites is 2. The Morgan fingerprint density at radius 3 is 1.04 bits per heavy atom. The number of hydrogen-bond donors (Lipinski definition) is 0. The van der Waals surface area contributed by atoms with Gasteiger partial charge < -0.3 is 9.13 Å². The van der Waals surface area contributed by atoms with Crippen molar-refractivity contribution in [3.63, 3.8) is 0 Å². The minimum Gasteiger partial charge on any atom is -0.308 e. The van der Waals surface area contributed by atoms with Gasteiger partial charge in [0.1, 0.15) is 30.9 Å². The van der Waals surface area contributed by atoms with Crippen LogP contribution in [0.25, 0.3) is 34.2 Å². The second-order valence-corrected chi connectivity index (χ2v) is 17.8. The van der Waals surface area contributed by atoms with Gasteiger partial charge >= 0.3 is 0 Å². The maximum Gasteiger partial charge on any atom is 0.229 e. The summed E-state index contributed by atoms with van der Waals surface area (Å²) in [6, 6.07) is 32.2. The Labute approximate surface area is 332 Å². The highest BCUT2D eigenvalue weighted by molar-refractivity contribution is 5.68. The van der Waals surface area contributed by atoms with E-state index in [0.717, 1.165) is 0 Å². The minimum absolute atomic E-state index is 0.325. The normalized spacial score (nSPS) is 12.3. The van der Waals surface area contributed by atoms with Crippen molar-refractivity contribution in [2.24, 2.45) is 14.1 Å². The lowest BCUT2D eigenvalue weighted by Crippen LogP contribution is -2.49. The predicted octanol–water partition coefficient (Wildman–Crippen LogP) is 12.3. The molecule has 0 bridgehead atoms. The van der Waals surface area contributed by atoms with E-state index in [1.165, 1.54) is 90.3 Å². The highest BCUT2D eigenvalue weighted by atomic mass is 15.1. The number of pyridine rings is 2. The van der Waals surface area contributed by atoms with Crippen LogP contribution in [0.2, 0.25) is 0 Å². The molecule has 4 heterocycles. The number of aromatic nitrogens is 4. The molecule has 0 spiro atoms. The second kappa shape index (κ2) is 15.1. The zero-order valence-electron chi connectivity index (χ0n) is 36.7. The molecule has 4 nitrogen and oxygen atoms in total. The van der Waals surface area contributed by atoms with Gasteiger partial charge in [0.2, 0.25) is 11.4 Å². The van der Waals surface area contributed by atoms with Gasteiger partial charge in [-0.25, -0.2) is 0 Å². The molecule has 0 atom stereocenters. The summed E-state index contributed by atoms with van der Waals surface area (Å²) in [4.78, 5) is 0. The summed E-state index contributed by atoms with van der Waals surface area (Å²) in [7, 11) is 4.52. The van der Waals surface area contributed by atoms with Crippen LogP contribution >= 0.6 is 0 Å². The molecule has 6 aromatic rings. The third-order valence-electron chi connectivity index (χ3n) is 12.1. The Morgan fingerprint density at radius 2 is 0.745 bits per heavy atom. The van der Waals surface area contributed by atoms with Crippen molar-refractivity contribution >= 4 is 0 Å². The van der Waals surface area contributed by atoms with Crippen LogP contribution in [0.15, 0.2) is 84.9 Å². The van der Waals surface area contributed by atoms with Gasteiger partial charge in [-0.05, 0) is 123 Å². The van der Waals surface area contributed by atoms with Crippen molar-refractivity contribution in [2.45, 2.75) is 126 Å². The number of rotatable bonds is 10. The van der Waals surface area contributed by atoms with Crippen molar-refractivity contribution in [1.29, 1.82) is 0 Å². The van der Waals surface area contributed by atoms with E-state index >= 15 is 0 Å². The fraction of sp³-hybridized carbons (Fsp3) is 0.412. The van der Waals surface area contributed by atoms with E-state index in [1.807, 2.05) is 0 Å². The standard InChI is InChI=1S/C51H66N4/c1-31(2)39-21-17-22-40(32(3)4)49(39)54-37(11)29-35(9)47(54)43-25-19-27-45(52(43)15)51(13,14)46-28-20-26-44(53(46)16)48-36(10)30-38(12)55(48)50-41(33(5)6)23-18-24-42(50)34(7)8/h17-34H,1-16H3/q+2. The van der Waals surface area contributed by atoms with Crippen LogP contribution in [-0.4, -0.2) is 9.13 Å². The Bertz CT molecular complexity index is 2150. The Morgan fingerprint density at radius 1 is 0.455 bits per heavy atom. The summed E-state index contributed by atoms with van der Waals surface area (Å²) in [5.41, 5.74) is 20.5. The van der Waals surface area contributed by atoms with Gasteiger partial charge in [-0.15, -0.1) is 0 Å². The molecule has 0 N–H and O–H groups in total. The summed E-state index contributed by atoms with van der Waals surface area (Å²) >= 11 is 0. The summed E-state index contributed by atoms with van der Waals surface area (Å²) < 4.78 is 9.99. The highest BCUT2D eigenvalue weighted by Crippen LogP contribution is 2.40. The van der Waals surface area contributed by atoms with Crippen molar-refractivity contribution in [2.75, 3.05) is 0 Å². The fourth-order valence-electron chi connectivity index (χ4n) is 9.38. The molecule has 0 fully saturated rings. The average molecular weight is 735 g/mol. The first-order valence-electron chi connectivity index (χ1n) is 20.5. The fourth-order valence-corrected chi connectivity index (χ4v) is 9.38. The number of nitrogens with zero attached hydrogens (tertiary/aromatic N) is 4. The lowest BCUT2D eigenvalue weighted by atomic mass is 9.83. The molecule has 0 radical (unpaired) electrons. The van der Waals surface area contributed by atoms with E-state index in [9.17, 15) is 0 Å². The zero-order chi connectivity index (χ0) is 40.3. The number of aryl methyl sites for hydroxylation is 4. The molecule has 0 saturated carbocycles. The second-order valence-electron chi connectivity index (χ2n) is 17.8. The molecule has 0 aliphatic carbocycles. The third-order valence-corrected chi connectivity index (χ3v) is 12.1. The summed E-state index contributed by atoms with van der Waals surface area (Å²) in [5.74, 6) is 1.61. The molecule has 0 saturated heterocycles. The van der Waals surface area contributed by atoms with E-state index in [-0.39, 0.29) is 5.41 Å². The van der Waals surface area contributed by atoms with Crippen LogP contribution in [0.5, 0.6) is 0 Å². The van der Waals surface area contributed by atoms with E-state index in [2.05, 4.69) is 214 Å². The van der Waals surface area contributed by atoms with Gasteiger partial charge in [-0.2, -0.15) is 9.13 Å². The first kappa shape index (κ1) is 40.0. The van der Waals surface area contributed by atoms with E-state index in [1.54, 1.807) is 0 Å². The molecular weight excluding hydrogens is 669 g/mol. The van der Waals surface area contributed by atoms with Crippen LogP contribution in [0.1, 0.15) is 149 Å². The van der Waals surface area contributed by atoms with Gasteiger partial charge in [-0.3, -0.25) is 0 Å². The largest absolute Gasteiger partial charge is 0.308 e. The molecule has 4 aromatic heterocycles. The molecule has 4 heteroatoms. The van der Waals surface area contributed by atoms with Crippen molar-refractivity contribution in [3.8, 4) is 34.2 Å². The first-order chi connectivity index (χ1) is 25.9. The van der Waals surface area contributed by atoms with Gasteiger partial charge in [0, 0.05) is 35.7 Å². The van der Waals surface area contributed by atoms with Crippen molar-refractivity contribution < 1.29 is 9.13 Å². The molecule has 288 valence electrons. The summed E-state index contributed by atoms with van der Waals surface area (Å²) in [6.45, 7) is 32.4. The predicted molar refractivity (Wildman–Crippen MR) is 232 cm³/mol. The molecule has 6 rings (SSSR count). The van der Waals surface area contributed by atoms with Crippen LogP contribution in [0.3, 0.4) is 0 Å². The van der Waals surface area contributed by atoms with Gasteiger partial charge in [0.15, 0.2) is 11.4 Å². The lowest BCUT2D eigenvalue weighted by molar-refractivity contribution is -0.687. The molecular formula is C51H66N4+2. The molecule has 0 unspecified atom stereocenters. The molecule has 55 heavy (non-hydrogen) atoms. The molecule has 0 amide bonds. The maximum absolute atomic E-state index is 2.55. The summed E-state index contributed by atoms with van der Waals surface area (Å²) in [6.07, 6.45) is 0. The summed E-state index contributed by atoms with van der Waals surface area (Å²) in [5, 5.41) is 0. The SMILES string of the molecule is Cc1cc(C)n(-c2c(C(C)C)cccc2C(C)C)c1-c1cccc(C(C)(C)c2cccc(-c3c(C)cc(C)n3-c3c(C(C)C)cccc3C(C)C)[n+]2C)[n+]1C.